The number of anilines is 2. The second-order valence-electron chi connectivity index (χ2n) is 3.25. The average Bonchev–Trinajstić information content (AvgIpc) is 2.81. The first kappa shape index (κ1) is 10.6. The highest BCUT2D eigenvalue weighted by molar-refractivity contribution is 7.03. The van der Waals surface area contributed by atoms with Gasteiger partial charge < -0.3 is 10.6 Å². The Balaban J connectivity index is 2.22. The minimum Gasteiger partial charge on any atom is -0.399 e. The van der Waals surface area contributed by atoms with Crippen LogP contribution in [0.5, 0.6) is 0 Å². The standard InChI is InChI=1S/C10H10N4OS/c1-14(8-4-2-7(11)3-5-8)10(15)9-6-16-13-12-9/h2-6H,11H2,1H3. The predicted molar refractivity (Wildman–Crippen MR) is 63.5 cm³/mol. The van der Waals surface area contributed by atoms with Crippen LogP contribution in [-0.2, 0) is 0 Å². The molecular weight excluding hydrogens is 224 g/mol. The van der Waals surface area contributed by atoms with Gasteiger partial charge in [0.15, 0.2) is 5.69 Å². The van der Waals surface area contributed by atoms with Gasteiger partial charge in [0.1, 0.15) is 0 Å². The fourth-order valence-corrected chi connectivity index (χ4v) is 1.67. The Kier molecular flexibility index (Phi) is 2.82. The Bertz CT molecular complexity index is 480. The van der Waals surface area contributed by atoms with Crippen LogP contribution < -0.4 is 10.6 Å². The fraction of sp³-hybridized carbons (Fsp3) is 0.100. The third kappa shape index (κ3) is 2.01. The summed E-state index contributed by atoms with van der Waals surface area (Å²) in [7, 11) is 1.69. The smallest absolute Gasteiger partial charge is 0.279 e. The molecule has 0 unspecified atom stereocenters. The van der Waals surface area contributed by atoms with Crippen molar-refractivity contribution in [3.63, 3.8) is 0 Å². The summed E-state index contributed by atoms with van der Waals surface area (Å²) in [5.41, 5.74) is 7.36. The van der Waals surface area contributed by atoms with E-state index in [1.54, 1.807) is 36.7 Å². The van der Waals surface area contributed by atoms with Gasteiger partial charge in [0, 0.05) is 23.8 Å². The number of carbonyl (C=O) groups excluding carboxylic acids is 1. The average molecular weight is 234 g/mol. The zero-order valence-corrected chi connectivity index (χ0v) is 9.44. The molecule has 0 aliphatic heterocycles. The molecule has 1 aromatic heterocycles. The van der Waals surface area contributed by atoms with E-state index in [2.05, 4.69) is 9.59 Å². The van der Waals surface area contributed by atoms with Crippen LogP contribution in [0.3, 0.4) is 0 Å². The van der Waals surface area contributed by atoms with E-state index in [4.69, 9.17) is 5.73 Å². The molecule has 2 rings (SSSR count). The van der Waals surface area contributed by atoms with Crippen LogP contribution in [0.4, 0.5) is 11.4 Å². The summed E-state index contributed by atoms with van der Waals surface area (Å²) in [4.78, 5) is 13.4. The first-order valence-corrected chi connectivity index (χ1v) is 5.43. The van der Waals surface area contributed by atoms with E-state index in [1.807, 2.05) is 0 Å². The summed E-state index contributed by atoms with van der Waals surface area (Å²) in [6, 6.07) is 7.07. The molecule has 5 nitrogen and oxygen atoms in total. The Morgan fingerprint density at radius 1 is 1.38 bits per heavy atom. The molecule has 1 amide bonds. The van der Waals surface area contributed by atoms with Gasteiger partial charge in [-0.1, -0.05) is 4.49 Å². The third-order valence-electron chi connectivity index (χ3n) is 2.16. The molecule has 0 radical (unpaired) electrons. The van der Waals surface area contributed by atoms with Crippen LogP contribution in [0.25, 0.3) is 0 Å². The van der Waals surface area contributed by atoms with Crippen LogP contribution in [0.2, 0.25) is 0 Å². The summed E-state index contributed by atoms with van der Waals surface area (Å²) >= 11 is 1.15. The zero-order chi connectivity index (χ0) is 11.5. The van der Waals surface area contributed by atoms with Crippen LogP contribution in [0, 0.1) is 0 Å². The fourth-order valence-electron chi connectivity index (χ4n) is 1.24. The first-order chi connectivity index (χ1) is 7.68. The predicted octanol–water partition coefficient (Wildman–Crippen LogP) is 1.40. The highest BCUT2D eigenvalue weighted by Crippen LogP contribution is 2.16. The first-order valence-electron chi connectivity index (χ1n) is 4.59. The largest absolute Gasteiger partial charge is 0.399 e. The van der Waals surface area contributed by atoms with Crippen LogP contribution in [-0.4, -0.2) is 22.5 Å². The normalized spacial score (nSPS) is 10.1. The summed E-state index contributed by atoms with van der Waals surface area (Å²) < 4.78 is 3.66. The second-order valence-corrected chi connectivity index (χ2v) is 3.86. The molecule has 1 heterocycles. The van der Waals surface area contributed by atoms with Crippen molar-refractivity contribution in [3.05, 3.63) is 35.3 Å². The molecule has 2 aromatic rings. The number of nitrogens with zero attached hydrogens (tertiary/aromatic N) is 3. The van der Waals surface area contributed by atoms with Crippen molar-refractivity contribution >= 4 is 28.8 Å². The Morgan fingerprint density at radius 2 is 2.06 bits per heavy atom. The molecule has 0 saturated heterocycles. The molecule has 0 spiro atoms. The Morgan fingerprint density at radius 3 is 2.62 bits per heavy atom. The number of amides is 1. The van der Waals surface area contributed by atoms with E-state index in [1.165, 1.54) is 4.90 Å². The number of hydrogen-bond donors (Lipinski definition) is 1. The topological polar surface area (TPSA) is 72.1 Å². The van der Waals surface area contributed by atoms with E-state index in [9.17, 15) is 4.79 Å². The van der Waals surface area contributed by atoms with Crippen LogP contribution in [0.15, 0.2) is 29.6 Å². The summed E-state index contributed by atoms with van der Waals surface area (Å²) in [5.74, 6) is -0.182. The van der Waals surface area contributed by atoms with Crippen molar-refractivity contribution in [2.45, 2.75) is 0 Å². The van der Waals surface area contributed by atoms with E-state index < -0.39 is 0 Å². The molecule has 0 aliphatic carbocycles. The molecule has 16 heavy (non-hydrogen) atoms. The molecule has 0 aliphatic rings. The Labute approximate surface area is 96.7 Å². The van der Waals surface area contributed by atoms with Crippen LogP contribution in [0.1, 0.15) is 10.5 Å². The van der Waals surface area contributed by atoms with E-state index in [-0.39, 0.29) is 5.91 Å². The lowest BCUT2D eigenvalue weighted by Gasteiger charge is -2.15. The number of aromatic nitrogens is 2. The maximum absolute atomic E-state index is 11.9. The SMILES string of the molecule is CN(C(=O)c1csnn1)c1ccc(N)cc1. The monoisotopic (exact) mass is 234 g/mol. The zero-order valence-electron chi connectivity index (χ0n) is 8.62. The number of nitrogens with two attached hydrogens (primary N) is 1. The molecule has 0 bridgehead atoms. The number of hydrogen-bond acceptors (Lipinski definition) is 5. The van der Waals surface area contributed by atoms with Crippen molar-refractivity contribution < 1.29 is 4.79 Å². The van der Waals surface area contributed by atoms with E-state index >= 15 is 0 Å². The van der Waals surface area contributed by atoms with Gasteiger partial charge in [-0.2, -0.15) is 0 Å². The van der Waals surface area contributed by atoms with E-state index in [0.717, 1.165) is 17.2 Å². The minimum absolute atomic E-state index is 0.182. The molecule has 0 saturated carbocycles. The lowest BCUT2D eigenvalue weighted by molar-refractivity contribution is 0.0988. The lowest BCUT2D eigenvalue weighted by atomic mass is 10.2. The van der Waals surface area contributed by atoms with E-state index in [0.29, 0.717) is 11.4 Å². The summed E-state index contributed by atoms with van der Waals surface area (Å²) in [5, 5.41) is 5.35. The Hall–Kier alpha value is -1.95. The molecule has 2 N–H and O–H groups in total. The van der Waals surface area contributed by atoms with Gasteiger partial charge in [0.05, 0.1) is 0 Å². The second kappa shape index (κ2) is 4.28. The molecule has 0 atom stereocenters. The molecular formula is C10H10N4OS. The number of carbonyl (C=O) groups is 1. The van der Waals surface area contributed by atoms with Crippen molar-refractivity contribution in [2.24, 2.45) is 0 Å². The van der Waals surface area contributed by atoms with Gasteiger partial charge in [0.2, 0.25) is 0 Å². The van der Waals surface area contributed by atoms with Crippen LogP contribution >= 0.6 is 11.5 Å². The quantitative estimate of drug-likeness (QED) is 0.797. The lowest BCUT2D eigenvalue weighted by Crippen LogP contribution is -2.26. The van der Waals surface area contributed by atoms with Gasteiger partial charge in [-0.3, -0.25) is 4.79 Å². The summed E-state index contributed by atoms with van der Waals surface area (Å²) in [6.07, 6.45) is 0. The highest BCUT2D eigenvalue weighted by Gasteiger charge is 2.15. The highest BCUT2D eigenvalue weighted by atomic mass is 32.1. The van der Waals surface area contributed by atoms with Gasteiger partial charge in [-0.05, 0) is 35.8 Å². The van der Waals surface area contributed by atoms with Crippen molar-refractivity contribution in [3.8, 4) is 0 Å². The molecule has 82 valence electrons. The van der Waals surface area contributed by atoms with Gasteiger partial charge in [-0.15, -0.1) is 5.10 Å². The number of rotatable bonds is 2. The minimum atomic E-state index is -0.182. The van der Waals surface area contributed by atoms with Crippen molar-refractivity contribution in [1.29, 1.82) is 0 Å². The van der Waals surface area contributed by atoms with Gasteiger partial charge >= 0.3 is 0 Å². The summed E-state index contributed by atoms with van der Waals surface area (Å²) in [6.45, 7) is 0. The number of benzene rings is 1. The molecule has 0 fully saturated rings. The molecule has 1 aromatic carbocycles. The number of nitrogen functional groups attached to an aromatic ring is 1. The molecule has 6 heteroatoms. The van der Waals surface area contributed by atoms with Gasteiger partial charge in [0.25, 0.3) is 5.91 Å². The maximum Gasteiger partial charge on any atom is 0.279 e. The maximum atomic E-state index is 11.9. The third-order valence-corrected chi connectivity index (χ3v) is 2.67. The van der Waals surface area contributed by atoms with Crippen molar-refractivity contribution in [1.82, 2.24) is 9.59 Å². The van der Waals surface area contributed by atoms with Crippen molar-refractivity contribution in [2.75, 3.05) is 17.7 Å². The van der Waals surface area contributed by atoms with Gasteiger partial charge in [-0.25, -0.2) is 0 Å².